The van der Waals surface area contributed by atoms with Crippen LogP contribution in [-0.2, 0) is 16.8 Å². The maximum absolute atomic E-state index is 11.6. The van der Waals surface area contributed by atoms with E-state index in [1.54, 1.807) is 13.3 Å². The Labute approximate surface area is 166 Å². The summed E-state index contributed by atoms with van der Waals surface area (Å²) in [7, 11) is 1.64. The summed E-state index contributed by atoms with van der Waals surface area (Å²) in [5, 5.41) is 4.04. The van der Waals surface area contributed by atoms with Gasteiger partial charge in [-0.15, -0.1) is 0 Å². The Bertz CT molecular complexity index is 847. The number of benzene rings is 2. The van der Waals surface area contributed by atoms with Crippen LogP contribution in [0.5, 0.6) is 11.5 Å². The van der Waals surface area contributed by atoms with E-state index in [2.05, 4.69) is 43.4 Å². The van der Waals surface area contributed by atoms with Crippen molar-refractivity contribution < 1.29 is 14.3 Å². The van der Waals surface area contributed by atoms with E-state index in [0.29, 0.717) is 6.61 Å². The molecule has 2 aromatic carbocycles. The molecule has 0 atom stereocenters. The number of nitrogens with zero attached hydrogens (tertiary/aromatic N) is 1. The fourth-order valence-corrected chi connectivity index (χ4v) is 2.81. The molecule has 0 radical (unpaired) electrons. The van der Waals surface area contributed by atoms with Crippen LogP contribution in [-0.4, -0.2) is 19.2 Å². The van der Waals surface area contributed by atoms with Crippen LogP contribution in [0, 0.1) is 5.92 Å². The highest BCUT2D eigenvalue weighted by atomic mass is 16.5. The van der Waals surface area contributed by atoms with Crippen LogP contribution in [0.4, 0.5) is 0 Å². The Kier molecular flexibility index (Phi) is 6.02. The van der Waals surface area contributed by atoms with Gasteiger partial charge in [-0.25, -0.2) is 5.43 Å². The number of ether oxygens (including phenoxy) is 2. The molecular formula is C23H28N2O3. The van der Waals surface area contributed by atoms with Crippen molar-refractivity contribution in [3.8, 4) is 11.5 Å². The van der Waals surface area contributed by atoms with Crippen LogP contribution < -0.4 is 14.9 Å². The van der Waals surface area contributed by atoms with Gasteiger partial charge in [-0.1, -0.05) is 32.9 Å². The van der Waals surface area contributed by atoms with E-state index in [1.807, 2.05) is 30.3 Å². The third kappa shape index (κ3) is 5.35. The second kappa shape index (κ2) is 8.46. The zero-order chi connectivity index (χ0) is 20.1. The normalized spacial score (nSPS) is 14.1. The van der Waals surface area contributed by atoms with Gasteiger partial charge in [0.25, 0.3) is 0 Å². The minimum absolute atomic E-state index is 0.00739. The van der Waals surface area contributed by atoms with Crippen molar-refractivity contribution >= 4 is 12.1 Å². The van der Waals surface area contributed by atoms with E-state index >= 15 is 0 Å². The number of amides is 1. The van der Waals surface area contributed by atoms with Gasteiger partial charge in [-0.3, -0.25) is 4.79 Å². The van der Waals surface area contributed by atoms with E-state index in [0.717, 1.165) is 35.5 Å². The first-order chi connectivity index (χ1) is 13.4. The molecule has 28 heavy (non-hydrogen) atoms. The van der Waals surface area contributed by atoms with Crippen LogP contribution in [0.1, 0.15) is 50.3 Å². The highest BCUT2D eigenvalue weighted by Gasteiger charge is 2.29. The molecular weight excluding hydrogens is 352 g/mol. The number of hydrogen-bond donors (Lipinski definition) is 1. The van der Waals surface area contributed by atoms with Crippen LogP contribution in [0.2, 0.25) is 0 Å². The smallest absolute Gasteiger partial charge is 0.243 e. The fraction of sp³-hybridized carbons (Fsp3) is 0.391. The molecule has 0 bridgehead atoms. The Morgan fingerprint density at radius 3 is 2.50 bits per heavy atom. The van der Waals surface area contributed by atoms with Crippen molar-refractivity contribution in [1.82, 2.24) is 5.43 Å². The summed E-state index contributed by atoms with van der Waals surface area (Å²) in [6.07, 6.45) is 3.56. The van der Waals surface area contributed by atoms with Crippen molar-refractivity contribution in [2.45, 2.75) is 45.6 Å². The molecule has 1 N–H and O–H groups in total. The molecule has 1 aliphatic carbocycles. The summed E-state index contributed by atoms with van der Waals surface area (Å²) < 4.78 is 11.4. The van der Waals surface area contributed by atoms with Crippen LogP contribution >= 0.6 is 0 Å². The van der Waals surface area contributed by atoms with Crippen molar-refractivity contribution in [3.05, 3.63) is 59.2 Å². The molecule has 2 aromatic rings. The predicted octanol–water partition coefficient (Wildman–Crippen LogP) is 4.43. The van der Waals surface area contributed by atoms with Crippen LogP contribution in [0.3, 0.4) is 0 Å². The highest BCUT2D eigenvalue weighted by molar-refractivity contribution is 5.84. The number of methoxy groups -OCH3 is 1. The quantitative estimate of drug-likeness (QED) is 0.571. The molecule has 0 unspecified atom stereocenters. The molecule has 0 saturated heterocycles. The average Bonchev–Trinajstić information content (AvgIpc) is 3.51. The molecule has 0 spiro atoms. The lowest BCUT2D eigenvalue weighted by Crippen LogP contribution is -2.18. The van der Waals surface area contributed by atoms with E-state index < -0.39 is 0 Å². The molecule has 0 aliphatic heterocycles. The third-order valence-electron chi connectivity index (χ3n) is 4.76. The standard InChI is InChI=1S/C23H28N2O3/c1-23(2,3)19-8-10-20(11-9-19)28-15-18-13-16(5-12-21(18)27-4)14-24-25-22(26)17-6-7-17/h5,8-14,17H,6-7,15H2,1-4H3,(H,25,26)/b24-14+. The van der Waals surface area contributed by atoms with E-state index in [4.69, 9.17) is 9.47 Å². The van der Waals surface area contributed by atoms with E-state index in [9.17, 15) is 4.79 Å². The first-order valence-electron chi connectivity index (χ1n) is 9.60. The monoisotopic (exact) mass is 380 g/mol. The zero-order valence-electron chi connectivity index (χ0n) is 17.0. The van der Waals surface area contributed by atoms with Crippen molar-refractivity contribution in [2.75, 3.05) is 7.11 Å². The number of rotatable bonds is 7. The zero-order valence-corrected chi connectivity index (χ0v) is 17.0. The lowest BCUT2D eigenvalue weighted by Gasteiger charge is -2.19. The Morgan fingerprint density at radius 2 is 1.89 bits per heavy atom. The van der Waals surface area contributed by atoms with Crippen molar-refractivity contribution in [3.63, 3.8) is 0 Å². The lowest BCUT2D eigenvalue weighted by molar-refractivity contribution is -0.122. The molecule has 1 aliphatic rings. The fourth-order valence-electron chi connectivity index (χ4n) is 2.81. The van der Waals surface area contributed by atoms with E-state index in [1.165, 1.54) is 5.56 Å². The lowest BCUT2D eigenvalue weighted by atomic mass is 9.87. The summed E-state index contributed by atoms with van der Waals surface area (Å²) in [5.74, 6) is 1.70. The largest absolute Gasteiger partial charge is 0.496 e. The van der Waals surface area contributed by atoms with Gasteiger partial charge in [0.2, 0.25) is 5.91 Å². The van der Waals surface area contributed by atoms with Gasteiger partial charge < -0.3 is 9.47 Å². The molecule has 1 saturated carbocycles. The van der Waals surface area contributed by atoms with Gasteiger partial charge >= 0.3 is 0 Å². The Balaban J connectivity index is 1.64. The second-order valence-electron chi connectivity index (χ2n) is 8.14. The number of hydrazone groups is 1. The van der Waals surface area contributed by atoms with Gasteiger partial charge in [-0.2, -0.15) is 5.10 Å². The second-order valence-corrected chi connectivity index (χ2v) is 8.14. The molecule has 3 rings (SSSR count). The molecule has 0 aromatic heterocycles. The molecule has 5 heteroatoms. The molecule has 1 fully saturated rings. The predicted molar refractivity (Wildman–Crippen MR) is 111 cm³/mol. The Hall–Kier alpha value is -2.82. The SMILES string of the molecule is COc1ccc(/C=N/NC(=O)C2CC2)cc1COc1ccc(C(C)(C)C)cc1. The number of carbonyl (C=O) groups excluding carboxylic acids is 1. The molecule has 0 heterocycles. The maximum atomic E-state index is 11.6. The van der Waals surface area contributed by atoms with Gasteiger partial charge in [0.15, 0.2) is 0 Å². The van der Waals surface area contributed by atoms with Crippen molar-refractivity contribution in [2.24, 2.45) is 11.0 Å². The number of nitrogens with one attached hydrogen (secondary N) is 1. The number of hydrogen-bond acceptors (Lipinski definition) is 4. The van der Waals surface area contributed by atoms with E-state index in [-0.39, 0.29) is 17.2 Å². The van der Waals surface area contributed by atoms with Gasteiger partial charge in [0.1, 0.15) is 18.1 Å². The van der Waals surface area contributed by atoms with Crippen LogP contribution in [0.15, 0.2) is 47.6 Å². The summed E-state index contributed by atoms with van der Waals surface area (Å²) in [4.78, 5) is 11.6. The van der Waals surface area contributed by atoms with Gasteiger partial charge in [0, 0.05) is 11.5 Å². The summed E-state index contributed by atoms with van der Waals surface area (Å²) in [6.45, 7) is 6.95. The number of carbonyl (C=O) groups is 1. The Morgan fingerprint density at radius 1 is 1.18 bits per heavy atom. The summed E-state index contributed by atoms with van der Waals surface area (Å²) >= 11 is 0. The molecule has 5 nitrogen and oxygen atoms in total. The average molecular weight is 380 g/mol. The van der Waals surface area contributed by atoms with Gasteiger partial charge in [0.05, 0.1) is 13.3 Å². The maximum Gasteiger partial charge on any atom is 0.243 e. The minimum atomic E-state index is -0.00739. The third-order valence-corrected chi connectivity index (χ3v) is 4.76. The molecule has 148 valence electrons. The summed E-state index contributed by atoms with van der Waals surface area (Å²) in [6, 6.07) is 13.9. The van der Waals surface area contributed by atoms with Crippen molar-refractivity contribution in [1.29, 1.82) is 0 Å². The first kappa shape index (κ1) is 19.9. The topological polar surface area (TPSA) is 59.9 Å². The van der Waals surface area contributed by atoms with Crippen LogP contribution in [0.25, 0.3) is 0 Å². The first-order valence-corrected chi connectivity index (χ1v) is 9.60. The molecule has 1 amide bonds. The van der Waals surface area contributed by atoms with Gasteiger partial charge in [-0.05, 0) is 59.7 Å². The highest BCUT2D eigenvalue weighted by Crippen LogP contribution is 2.29. The minimum Gasteiger partial charge on any atom is -0.496 e. The summed E-state index contributed by atoms with van der Waals surface area (Å²) in [5.41, 5.74) is 5.76.